The summed E-state index contributed by atoms with van der Waals surface area (Å²) in [6, 6.07) is 6.11. The molecule has 1 fully saturated rings. The van der Waals surface area contributed by atoms with Gasteiger partial charge >= 0.3 is 5.97 Å². The largest absolute Gasteiger partial charge is 0.479 e. The molecule has 0 radical (unpaired) electrons. The number of alkyl halides is 1. The maximum atomic E-state index is 14.0. The van der Waals surface area contributed by atoms with Gasteiger partial charge in [0.25, 0.3) is 0 Å². The van der Waals surface area contributed by atoms with Crippen LogP contribution < -0.4 is 0 Å². The molecule has 1 N–H and O–H groups in total. The van der Waals surface area contributed by atoms with Gasteiger partial charge in [0, 0.05) is 13.0 Å². The number of aryl methyl sites for hydroxylation is 2. The number of carboxylic acids is 1. The van der Waals surface area contributed by atoms with Crippen LogP contribution in [0.2, 0.25) is 0 Å². The Morgan fingerprint density at radius 1 is 1.23 bits per heavy atom. The maximum Gasteiger partial charge on any atom is 0.343 e. The van der Waals surface area contributed by atoms with Crippen LogP contribution in [0.15, 0.2) is 18.2 Å². The van der Waals surface area contributed by atoms with E-state index < -0.39 is 11.6 Å². The zero-order chi connectivity index (χ0) is 15.7. The molecule has 1 heterocycles. The average molecular weight is 305 g/mol. The molecule has 1 amide bonds. The van der Waals surface area contributed by atoms with Gasteiger partial charge in [-0.3, -0.25) is 4.79 Å². The molecule has 1 atom stereocenters. The van der Waals surface area contributed by atoms with Crippen LogP contribution in [0.4, 0.5) is 4.39 Å². The van der Waals surface area contributed by atoms with Crippen molar-refractivity contribution < 1.29 is 19.1 Å². The molecule has 0 bridgehead atoms. The molecule has 0 saturated carbocycles. The van der Waals surface area contributed by atoms with Gasteiger partial charge in [-0.15, -0.1) is 0 Å². The van der Waals surface area contributed by atoms with E-state index in [-0.39, 0.29) is 31.8 Å². The smallest absolute Gasteiger partial charge is 0.343 e. The van der Waals surface area contributed by atoms with Gasteiger partial charge in [-0.05, 0) is 42.4 Å². The van der Waals surface area contributed by atoms with E-state index in [1.54, 1.807) is 0 Å². The molecule has 2 aliphatic rings. The summed E-state index contributed by atoms with van der Waals surface area (Å²) in [5.74, 6) is -1.67. The van der Waals surface area contributed by atoms with Crippen LogP contribution in [0.3, 0.4) is 0 Å². The SMILES string of the molecule is O=C(Cc1ccc2c(c1)CCCC2)N1CCC(F)(C(=O)O)C1. The maximum absolute atomic E-state index is 14.0. The summed E-state index contributed by atoms with van der Waals surface area (Å²) in [6.07, 6.45) is 4.62. The number of fused-ring (bicyclic) bond motifs is 1. The van der Waals surface area contributed by atoms with E-state index in [0.29, 0.717) is 0 Å². The highest BCUT2D eigenvalue weighted by atomic mass is 19.1. The summed E-state index contributed by atoms with van der Waals surface area (Å²) in [7, 11) is 0. The van der Waals surface area contributed by atoms with Crippen LogP contribution in [-0.2, 0) is 28.9 Å². The van der Waals surface area contributed by atoms with Gasteiger partial charge in [-0.2, -0.15) is 0 Å². The summed E-state index contributed by atoms with van der Waals surface area (Å²) in [5.41, 5.74) is 1.31. The summed E-state index contributed by atoms with van der Waals surface area (Å²) >= 11 is 0. The Morgan fingerprint density at radius 2 is 1.95 bits per heavy atom. The number of halogens is 1. The van der Waals surface area contributed by atoms with E-state index in [1.807, 2.05) is 6.07 Å². The molecule has 0 aromatic heterocycles. The summed E-state index contributed by atoms with van der Waals surface area (Å²) in [6.45, 7) is -0.168. The number of carbonyl (C=O) groups excluding carboxylic acids is 1. The fraction of sp³-hybridized carbons (Fsp3) is 0.529. The number of hydrogen-bond donors (Lipinski definition) is 1. The van der Waals surface area contributed by atoms with Crippen molar-refractivity contribution in [1.29, 1.82) is 0 Å². The summed E-state index contributed by atoms with van der Waals surface area (Å²) in [5, 5.41) is 8.88. The number of carbonyl (C=O) groups is 2. The lowest BCUT2D eigenvalue weighted by molar-refractivity contribution is -0.150. The van der Waals surface area contributed by atoms with Gasteiger partial charge in [-0.25, -0.2) is 9.18 Å². The van der Waals surface area contributed by atoms with E-state index in [4.69, 9.17) is 5.11 Å². The summed E-state index contributed by atoms with van der Waals surface area (Å²) < 4.78 is 14.0. The van der Waals surface area contributed by atoms with Crippen molar-refractivity contribution in [3.05, 3.63) is 34.9 Å². The third-order valence-electron chi connectivity index (χ3n) is 4.72. The lowest BCUT2D eigenvalue weighted by Crippen LogP contribution is -2.39. The number of rotatable bonds is 3. The monoisotopic (exact) mass is 305 g/mol. The highest BCUT2D eigenvalue weighted by Gasteiger charge is 2.46. The Bertz CT molecular complexity index is 616. The third kappa shape index (κ3) is 2.85. The van der Waals surface area contributed by atoms with Crippen LogP contribution in [0.5, 0.6) is 0 Å². The molecule has 1 aromatic carbocycles. The summed E-state index contributed by atoms with van der Waals surface area (Å²) in [4.78, 5) is 24.5. The second kappa shape index (κ2) is 5.71. The standard InChI is InChI=1S/C17H20FNO3/c18-17(16(21)22)7-8-19(11-17)15(20)10-12-5-6-13-3-1-2-4-14(13)9-12/h5-6,9H,1-4,7-8,10-11H2,(H,21,22). The number of nitrogens with zero attached hydrogens (tertiary/aromatic N) is 1. The first-order valence-corrected chi connectivity index (χ1v) is 7.79. The van der Waals surface area contributed by atoms with Crippen molar-refractivity contribution >= 4 is 11.9 Å². The Labute approximate surface area is 128 Å². The van der Waals surface area contributed by atoms with Gasteiger partial charge < -0.3 is 10.0 Å². The number of likely N-dealkylation sites (tertiary alicyclic amines) is 1. The first kappa shape index (κ1) is 15.0. The molecule has 1 aliphatic heterocycles. The normalized spacial score (nSPS) is 24.1. The fourth-order valence-corrected chi connectivity index (χ4v) is 3.34. The van der Waals surface area contributed by atoms with Gasteiger partial charge in [0.2, 0.25) is 11.6 Å². The van der Waals surface area contributed by atoms with Gasteiger partial charge in [0.1, 0.15) is 0 Å². The van der Waals surface area contributed by atoms with E-state index in [2.05, 4.69) is 12.1 Å². The highest BCUT2D eigenvalue weighted by molar-refractivity contribution is 5.83. The number of aliphatic carboxylic acids is 1. The molecular weight excluding hydrogens is 285 g/mol. The third-order valence-corrected chi connectivity index (χ3v) is 4.72. The number of amides is 1. The van der Waals surface area contributed by atoms with Crippen LogP contribution in [0.25, 0.3) is 0 Å². The predicted molar refractivity (Wildman–Crippen MR) is 79.5 cm³/mol. The molecule has 0 spiro atoms. The minimum Gasteiger partial charge on any atom is -0.479 e. The van der Waals surface area contributed by atoms with Crippen molar-refractivity contribution in [3.63, 3.8) is 0 Å². The first-order valence-electron chi connectivity index (χ1n) is 7.79. The minimum atomic E-state index is -2.29. The van der Waals surface area contributed by atoms with E-state index in [9.17, 15) is 14.0 Å². The van der Waals surface area contributed by atoms with E-state index in [1.165, 1.54) is 28.9 Å². The molecule has 5 heteroatoms. The lowest BCUT2D eigenvalue weighted by atomic mass is 9.90. The van der Waals surface area contributed by atoms with Gasteiger partial charge in [-0.1, -0.05) is 18.2 Å². The first-order chi connectivity index (χ1) is 10.5. The van der Waals surface area contributed by atoms with Crippen LogP contribution >= 0.6 is 0 Å². The molecule has 3 rings (SSSR count). The van der Waals surface area contributed by atoms with E-state index in [0.717, 1.165) is 18.4 Å². The topological polar surface area (TPSA) is 57.6 Å². The molecule has 1 aromatic rings. The molecular formula is C17H20FNO3. The lowest BCUT2D eigenvalue weighted by Gasteiger charge is -2.19. The quantitative estimate of drug-likeness (QED) is 0.931. The fourth-order valence-electron chi connectivity index (χ4n) is 3.34. The Kier molecular flexibility index (Phi) is 3.89. The van der Waals surface area contributed by atoms with Gasteiger partial charge in [0.05, 0.1) is 13.0 Å². The average Bonchev–Trinajstić information content (AvgIpc) is 2.91. The Hall–Kier alpha value is -1.91. The number of hydrogen-bond acceptors (Lipinski definition) is 2. The molecule has 1 aliphatic carbocycles. The number of carboxylic acid groups (broad SMARTS) is 1. The molecule has 22 heavy (non-hydrogen) atoms. The van der Waals surface area contributed by atoms with Crippen molar-refractivity contribution in [2.75, 3.05) is 13.1 Å². The van der Waals surface area contributed by atoms with Crippen LogP contribution in [0, 0.1) is 0 Å². The van der Waals surface area contributed by atoms with Crippen molar-refractivity contribution in [2.45, 2.75) is 44.2 Å². The van der Waals surface area contributed by atoms with Crippen molar-refractivity contribution in [2.24, 2.45) is 0 Å². The Morgan fingerprint density at radius 3 is 2.64 bits per heavy atom. The molecule has 118 valence electrons. The molecule has 4 nitrogen and oxygen atoms in total. The second-order valence-corrected chi connectivity index (χ2v) is 6.32. The molecule has 1 saturated heterocycles. The van der Waals surface area contributed by atoms with Crippen LogP contribution in [0.1, 0.15) is 36.0 Å². The zero-order valence-corrected chi connectivity index (χ0v) is 12.5. The second-order valence-electron chi connectivity index (χ2n) is 6.32. The highest BCUT2D eigenvalue weighted by Crippen LogP contribution is 2.27. The van der Waals surface area contributed by atoms with Crippen molar-refractivity contribution in [1.82, 2.24) is 4.90 Å². The molecule has 1 unspecified atom stereocenters. The van der Waals surface area contributed by atoms with Crippen LogP contribution in [-0.4, -0.2) is 40.6 Å². The van der Waals surface area contributed by atoms with Crippen molar-refractivity contribution in [3.8, 4) is 0 Å². The van der Waals surface area contributed by atoms with E-state index >= 15 is 0 Å². The van der Waals surface area contributed by atoms with Gasteiger partial charge in [0.15, 0.2) is 0 Å². The zero-order valence-electron chi connectivity index (χ0n) is 12.5. The Balaban J connectivity index is 1.66. The predicted octanol–water partition coefficient (Wildman–Crippen LogP) is 2.13. The minimum absolute atomic E-state index is 0.127. The number of benzene rings is 1.